The van der Waals surface area contributed by atoms with Gasteiger partial charge in [0.05, 0.1) is 11.9 Å². The fraction of sp³-hybridized carbons (Fsp3) is 0.300. The topological polar surface area (TPSA) is 36.4 Å². The third-order valence-electron chi connectivity index (χ3n) is 4.81. The Morgan fingerprint density at radius 1 is 1.15 bits per heavy atom. The van der Waals surface area contributed by atoms with Gasteiger partial charge < -0.3 is 9.80 Å². The normalized spacial score (nSPS) is 15.3. The summed E-state index contributed by atoms with van der Waals surface area (Å²) in [6.45, 7) is 3.33. The second kappa shape index (κ2) is 7.64. The van der Waals surface area contributed by atoms with Crippen LogP contribution < -0.4 is 4.90 Å². The van der Waals surface area contributed by atoms with E-state index in [9.17, 15) is 4.79 Å². The third-order valence-corrected chi connectivity index (χ3v) is 5.77. The van der Waals surface area contributed by atoms with E-state index in [4.69, 9.17) is 11.6 Å². The molecule has 4 nitrogen and oxygen atoms in total. The molecule has 0 radical (unpaired) electrons. The fourth-order valence-electron chi connectivity index (χ4n) is 3.47. The van der Waals surface area contributed by atoms with Gasteiger partial charge in [-0.25, -0.2) is 0 Å². The Kier molecular flexibility index (Phi) is 5.09. The fourth-order valence-corrected chi connectivity index (χ4v) is 4.30. The minimum atomic E-state index is 0.219. The third kappa shape index (κ3) is 3.69. The van der Waals surface area contributed by atoms with Crippen molar-refractivity contribution in [3.63, 3.8) is 0 Å². The van der Waals surface area contributed by atoms with Crippen molar-refractivity contribution < 1.29 is 4.79 Å². The summed E-state index contributed by atoms with van der Waals surface area (Å²) in [5.41, 5.74) is 3.18. The second-order valence-electron chi connectivity index (χ2n) is 6.52. The molecule has 0 saturated carbocycles. The first-order valence-corrected chi connectivity index (χ1v) is 10.1. The maximum absolute atomic E-state index is 12.6. The van der Waals surface area contributed by atoms with Crippen LogP contribution in [0.2, 0.25) is 5.02 Å². The van der Waals surface area contributed by atoms with Gasteiger partial charge in [-0.05, 0) is 53.1 Å². The van der Waals surface area contributed by atoms with Crippen LogP contribution in [0.4, 0.5) is 5.69 Å². The van der Waals surface area contributed by atoms with E-state index in [1.807, 2.05) is 40.7 Å². The summed E-state index contributed by atoms with van der Waals surface area (Å²) in [5.74, 6) is 0.219. The molecule has 3 aromatic rings. The van der Waals surface area contributed by atoms with Crippen molar-refractivity contribution in [3.05, 3.63) is 57.9 Å². The number of hydrogen-bond acceptors (Lipinski definition) is 4. The predicted octanol–water partition coefficient (Wildman–Crippen LogP) is 4.23. The number of thiophene rings is 1. The summed E-state index contributed by atoms with van der Waals surface area (Å²) in [5, 5.41) is 5.88. The molecule has 0 aliphatic carbocycles. The molecule has 1 aliphatic rings. The summed E-state index contributed by atoms with van der Waals surface area (Å²) in [4.78, 5) is 21.4. The van der Waals surface area contributed by atoms with Gasteiger partial charge in [-0.3, -0.25) is 9.78 Å². The molecule has 1 amide bonds. The number of halogens is 1. The first kappa shape index (κ1) is 17.3. The lowest BCUT2D eigenvalue weighted by Gasteiger charge is -2.25. The van der Waals surface area contributed by atoms with Crippen LogP contribution in [0.15, 0.2) is 47.3 Å². The number of anilines is 1. The van der Waals surface area contributed by atoms with Crippen LogP contribution in [0.25, 0.3) is 10.9 Å². The second-order valence-corrected chi connectivity index (χ2v) is 7.74. The van der Waals surface area contributed by atoms with Crippen molar-refractivity contribution in [2.24, 2.45) is 0 Å². The molecule has 0 unspecified atom stereocenters. The van der Waals surface area contributed by atoms with Crippen molar-refractivity contribution >= 4 is 45.4 Å². The van der Waals surface area contributed by atoms with E-state index in [-0.39, 0.29) is 5.91 Å². The maximum Gasteiger partial charge on any atom is 0.227 e. The van der Waals surface area contributed by atoms with Gasteiger partial charge >= 0.3 is 0 Å². The van der Waals surface area contributed by atoms with Crippen LogP contribution in [-0.2, 0) is 11.2 Å². The quantitative estimate of drug-likeness (QED) is 0.676. The molecule has 0 bridgehead atoms. The molecule has 1 fully saturated rings. The molecule has 4 rings (SSSR count). The minimum absolute atomic E-state index is 0.219. The van der Waals surface area contributed by atoms with Gasteiger partial charge in [0.25, 0.3) is 0 Å². The summed E-state index contributed by atoms with van der Waals surface area (Å²) in [6.07, 6.45) is 3.30. The Morgan fingerprint density at radius 3 is 2.92 bits per heavy atom. The number of amides is 1. The van der Waals surface area contributed by atoms with E-state index in [1.54, 1.807) is 11.3 Å². The molecule has 0 spiro atoms. The molecular weight excluding hydrogens is 366 g/mol. The number of pyridine rings is 1. The molecule has 2 aromatic heterocycles. The monoisotopic (exact) mass is 385 g/mol. The zero-order chi connectivity index (χ0) is 17.9. The Morgan fingerprint density at radius 2 is 2.08 bits per heavy atom. The number of rotatable bonds is 3. The zero-order valence-electron chi connectivity index (χ0n) is 14.4. The first-order chi connectivity index (χ1) is 12.7. The molecule has 0 atom stereocenters. The standard InChI is InChI=1S/C20H20ClN3OS/c21-16-2-3-17-18(13-16)22-6-4-19(17)23-7-1-8-24(10-9-23)20(25)12-15-5-11-26-14-15/h2-6,11,13-14H,1,7-10,12H2. The maximum atomic E-state index is 12.6. The highest BCUT2D eigenvalue weighted by molar-refractivity contribution is 7.08. The summed E-state index contributed by atoms with van der Waals surface area (Å²) in [6, 6.07) is 9.92. The molecule has 1 aliphatic heterocycles. The van der Waals surface area contributed by atoms with Gasteiger partial charge in [-0.2, -0.15) is 11.3 Å². The van der Waals surface area contributed by atoms with E-state index in [0.717, 1.165) is 49.1 Å². The SMILES string of the molecule is O=C(Cc1ccsc1)N1CCCN(c2ccnc3cc(Cl)ccc23)CC1. The van der Waals surface area contributed by atoms with Crippen molar-refractivity contribution in [2.75, 3.05) is 31.1 Å². The molecule has 1 aromatic carbocycles. The zero-order valence-corrected chi connectivity index (χ0v) is 16.0. The highest BCUT2D eigenvalue weighted by Gasteiger charge is 2.20. The summed E-state index contributed by atoms with van der Waals surface area (Å²) < 4.78 is 0. The number of benzene rings is 1. The van der Waals surface area contributed by atoms with Crippen molar-refractivity contribution in [2.45, 2.75) is 12.8 Å². The van der Waals surface area contributed by atoms with E-state index in [2.05, 4.69) is 21.3 Å². The predicted molar refractivity (Wildman–Crippen MR) is 108 cm³/mol. The Hall–Kier alpha value is -2.11. The van der Waals surface area contributed by atoms with Crippen LogP contribution >= 0.6 is 22.9 Å². The van der Waals surface area contributed by atoms with E-state index in [1.165, 1.54) is 5.69 Å². The van der Waals surface area contributed by atoms with Gasteiger partial charge in [0.2, 0.25) is 5.91 Å². The number of nitrogens with zero attached hydrogens (tertiary/aromatic N) is 3. The molecule has 6 heteroatoms. The van der Waals surface area contributed by atoms with Gasteiger partial charge in [-0.15, -0.1) is 0 Å². The van der Waals surface area contributed by atoms with Gasteiger partial charge in [0, 0.05) is 48.5 Å². The van der Waals surface area contributed by atoms with E-state index < -0.39 is 0 Å². The van der Waals surface area contributed by atoms with E-state index in [0.29, 0.717) is 11.4 Å². The molecule has 26 heavy (non-hydrogen) atoms. The number of fused-ring (bicyclic) bond motifs is 1. The molecule has 0 N–H and O–H groups in total. The van der Waals surface area contributed by atoms with Crippen LogP contribution in [0.1, 0.15) is 12.0 Å². The van der Waals surface area contributed by atoms with Crippen molar-refractivity contribution in [1.82, 2.24) is 9.88 Å². The number of hydrogen-bond donors (Lipinski definition) is 0. The van der Waals surface area contributed by atoms with Gasteiger partial charge in [0.15, 0.2) is 0 Å². The smallest absolute Gasteiger partial charge is 0.227 e. The van der Waals surface area contributed by atoms with Gasteiger partial charge in [0.1, 0.15) is 0 Å². The Bertz CT molecular complexity index is 913. The lowest BCUT2D eigenvalue weighted by Crippen LogP contribution is -2.36. The van der Waals surface area contributed by atoms with Crippen molar-refractivity contribution in [3.8, 4) is 0 Å². The summed E-state index contributed by atoms with van der Waals surface area (Å²) in [7, 11) is 0. The lowest BCUT2D eigenvalue weighted by molar-refractivity contribution is -0.130. The minimum Gasteiger partial charge on any atom is -0.369 e. The molecule has 1 saturated heterocycles. The largest absolute Gasteiger partial charge is 0.369 e. The molecule has 134 valence electrons. The van der Waals surface area contributed by atoms with Crippen LogP contribution in [0.5, 0.6) is 0 Å². The van der Waals surface area contributed by atoms with E-state index >= 15 is 0 Å². The van der Waals surface area contributed by atoms with Crippen LogP contribution in [-0.4, -0.2) is 42.0 Å². The number of carbonyl (C=O) groups excluding carboxylic acids is 1. The highest BCUT2D eigenvalue weighted by atomic mass is 35.5. The van der Waals surface area contributed by atoms with Gasteiger partial charge in [-0.1, -0.05) is 11.6 Å². The molecular formula is C20H20ClN3OS. The average molecular weight is 386 g/mol. The van der Waals surface area contributed by atoms with Crippen molar-refractivity contribution in [1.29, 1.82) is 0 Å². The molecule has 3 heterocycles. The lowest BCUT2D eigenvalue weighted by atomic mass is 10.1. The summed E-state index contributed by atoms with van der Waals surface area (Å²) >= 11 is 7.74. The number of carbonyl (C=O) groups is 1. The highest BCUT2D eigenvalue weighted by Crippen LogP contribution is 2.28. The van der Waals surface area contributed by atoms with Crippen LogP contribution in [0, 0.1) is 0 Å². The Balaban J connectivity index is 1.49. The van der Waals surface area contributed by atoms with Crippen LogP contribution in [0.3, 0.4) is 0 Å². The average Bonchev–Trinajstić information content (AvgIpc) is 3.02. The Labute approximate surface area is 162 Å². The number of aromatic nitrogens is 1. The first-order valence-electron chi connectivity index (χ1n) is 8.79.